The standard InChI is InChI=1S/C13H15BrF2/c1-12(15,16)13(8-2-3-9-13)10-4-6-11(14)7-5-10/h4-7H,2-3,8-9H2,1H3. The van der Waals surface area contributed by atoms with Gasteiger partial charge in [-0.2, -0.15) is 0 Å². The fraction of sp³-hybridized carbons (Fsp3) is 0.538. The number of benzene rings is 1. The molecule has 0 saturated heterocycles. The summed E-state index contributed by atoms with van der Waals surface area (Å²) >= 11 is 3.33. The van der Waals surface area contributed by atoms with Gasteiger partial charge in [-0.1, -0.05) is 40.9 Å². The normalized spacial score (nSPS) is 20.0. The van der Waals surface area contributed by atoms with Crippen molar-refractivity contribution in [1.82, 2.24) is 0 Å². The van der Waals surface area contributed by atoms with Gasteiger partial charge >= 0.3 is 0 Å². The van der Waals surface area contributed by atoms with Gasteiger partial charge in [0.1, 0.15) is 0 Å². The topological polar surface area (TPSA) is 0 Å². The highest BCUT2D eigenvalue weighted by Gasteiger charge is 2.52. The monoisotopic (exact) mass is 288 g/mol. The van der Waals surface area contributed by atoms with Crippen molar-refractivity contribution in [1.29, 1.82) is 0 Å². The minimum atomic E-state index is -2.64. The van der Waals surface area contributed by atoms with Gasteiger partial charge in [0.2, 0.25) is 0 Å². The second kappa shape index (κ2) is 4.10. The molecule has 1 aromatic rings. The molecule has 88 valence electrons. The summed E-state index contributed by atoms with van der Waals surface area (Å²) in [5, 5.41) is 0. The average Bonchev–Trinajstić information content (AvgIpc) is 2.68. The number of halogens is 3. The highest BCUT2D eigenvalue weighted by atomic mass is 79.9. The van der Waals surface area contributed by atoms with E-state index < -0.39 is 11.3 Å². The van der Waals surface area contributed by atoms with Gasteiger partial charge in [-0.05, 0) is 30.5 Å². The summed E-state index contributed by atoms with van der Waals surface area (Å²) in [6.45, 7) is 1.06. The Kier molecular flexibility index (Phi) is 3.08. The molecule has 0 N–H and O–H groups in total. The van der Waals surface area contributed by atoms with Crippen molar-refractivity contribution in [2.75, 3.05) is 0 Å². The van der Waals surface area contributed by atoms with Crippen LogP contribution < -0.4 is 0 Å². The minimum absolute atomic E-state index is 0.595. The maximum absolute atomic E-state index is 13.9. The van der Waals surface area contributed by atoms with E-state index in [2.05, 4.69) is 15.9 Å². The molecule has 2 rings (SSSR count). The number of hydrogen-bond donors (Lipinski definition) is 0. The molecule has 1 fully saturated rings. The Balaban J connectivity index is 2.44. The molecule has 1 aliphatic carbocycles. The van der Waals surface area contributed by atoms with E-state index in [-0.39, 0.29) is 0 Å². The zero-order valence-electron chi connectivity index (χ0n) is 9.27. The third kappa shape index (κ3) is 1.90. The summed E-state index contributed by atoms with van der Waals surface area (Å²) < 4.78 is 28.6. The smallest absolute Gasteiger partial charge is 0.206 e. The third-order valence-corrected chi connectivity index (χ3v) is 4.22. The van der Waals surface area contributed by atoms with Gasteiger partial charge in [0.25, 0.3) is 5.92 Å². The van der Waals surface area contributed by atoms with E-state index >= 15 is 0 Å². The fourth-order valence-corrected chi connectivity index (χ4v) is 2.99. The largest absolute Gasteiger partial charge is 0.254 e. The molecule has 16 heavy (non-hydrogen) atoms. The first-order chi connectivity index (χ1) is 7.46. The Morgan fingerprint density at radius 2 is 1.62 bits per heavy atom. The molecule has 3 heteroatoms. The molecule has 0 radical (unpaired) electrons. The molecular formula is C13H15BrF2. The van der Waals surface area contributed by atoms with E-state index in [1.54, 1.807) is 0 Å². The van der Waals surface area contributed by atoms with E-state index in [9.17, 15) is 8.78 Å². The zero-order valence-corrected chi connectivity index (χ0v) is 10.9. The molecule has 1 saturated carbocycles. The van der Waals surface area contributed by atoms with E-state index in [0.717, 1.165) is 29.8 Å². The second-order valence-electron chi connectivity index (χ2n) is 4.68. The molecule has 1 aliphatic rings. The molecule has 0 aliphatic heterocycles. The molecular weight excluding hydrogens is 274 g/mol. The predicted molar refractivity (Wildman–Crippen MR) is 64.9 cm³/mol. The van der Waals surface area contributed by atoms with Gasteiger partial charge in [0.05, 0.1) is 5.41 Å². The van der Waals surface area contributed by atoms with Crippen molar-refractivity contribution in [3.05, 3.63) is 34.3 Å². The van der Waals surface area contributed by atoms with Gasteiger partial charge in [-0.3, -0.25) is 0 Å². The summed E-state index contributed by atoms with van der Waals surface area (Å²) in [6, 6.07) is 7.35. The summed E-state index contributed by atoms with van der Waals surface area (Å²) in [7, 11) is 0. The number of hydrogen-bond acceptors (Lipinski definition) is 0. The predicted octanol–water partition coefficient (Wildman–Crippen LogP) is 4.92. The van der Waals surface area contributed by atoms with E-state index in [1.165, 1.54) is 0 Å². The average molecular weight is 289 g/mol. The Labute approximate surface area is 103 Å². The Morgan fingerprint density at radius 3 is 2.06 bits per heavy atom. The molecule has 0 spiro atoms. The first kappa shape index (κ1) is 12.0. The van der Waals surface area contributed by atoms with Crippen LogP contribution in [0, 0.1) is 0 Å². The van der Waals surface area contributed by atoms with Gasteiger partial charge in [-0.15, -0.1) is 0 Å². The van der Waals surface area contributed by atoms with Gasteiger partial charge < -0.3 is 0 Å². The first-order valence-electron chi connectivity index (χ1n) is 5.60. The summed E-state index contributed by atoms with van der Waals surface area (Å²) in [5.74, 6) is -2.64. The van der Waals surface area contributed by atoms with Crippen molar-refractivity contribution < 1.29 is 8.78 Å². The Morgan fingerprint density at radius 1 is 1.12 bits per heavy atom. The molecule has 0 heterocycles. The van der Waals surface area contributed by atoms with Crippen LogP contribution in [0.15, 0.2) is 28.7 Å². The van der Waals surface area contributed by atoms with E-state index in [0.29, 0.717) is 12.8 Å². The SMILES string of the molecule is CC(F)(F)C1(c2ccc(Br)cc2)CCCC1. The third-order valence-electron chi connectivity index (χ3n) is 3.69. The van der Waals surface area contributed by atoms with Crippen LogP contribution in [0.2, 0.25) is 0 Å². The molecule has 0 unspecified atom stereocenters. The fourth-order valence-electron chi connectivity index (χ4n) is 2.73. The lowest BCUT2D eigenvalue weighted by Crippen LogP contribution is -2.40. The molecule has 0 atom stereocenters. The Bertz CT molecular complexity index is 359. The van der Waals surface area contributed by atoms with Crippen LogP contribution in [0.4, 0.5) is 8.78 Å². The van der Waals surface area contributed by atoms with Crippen LogP contribution in [0.1, 0.15) is 38.2 Å². The lowest BCUT2D eigenvalue weighted by atomic mass is 9.74. The van der Waals surface area contributed by atoms with Crippen LogP contribution in [0.3, 0.4) is 0 Å². The lowest BCUT2D eigenvalue weighted by Gasteiger charge is -2.35. The first-order valence-corrected chi connectivity index (χ1v) is 6.39. The van der Waals surface area contributed by atoms with Crippen LogP contribution in [-0.2, 0) is 5.41 Å². The van der Waals surface area contributed by atoms with Crippen molar-refractivity contribution in [3.8, 4) is 0 Å². The van der Waals surface area contributed by atoms with Gasteiger partial charge in [-0.25, -0.2) is 8.78 Å². The summed E-state index contributed by atoms with van der Waals surface area (Å²) in [4.78, 5) is 0. The van der Waals surface area contributed by atoms with Crippen LogP contribution in [-0.4, -0.2) is 5.92 Å². The van der Waals surface area contributed by atoms with Crippen molar-refractivity contribution in [2.24, 2.45) is 0 Å². The van der Waals surface area contributed by atoms with Crippen molar-refractivity contribution in [3.63, 3.8) is 0 Å². The van der Waals surface area contributed by atoms with Crippen molar-refractivity contribution in [2.45, 2.75) is 43.9 Å². The molecule has 0 bridgehead atoms. The van der Waals surface area contributed by atoms with Gasteiger partial charge in [0, 0.05) is 11.4 Å². The number of alkyl halides is 2. The molecule has 1 aromatic carbocycles. The Hall–Kier alpha value is -0.440. The lowest BCUT2D eigenvalue weighted by molar-refractivity contribution is -0.0599. The van der Waals surface area contributed by atoms with Crippen LogP contribution >= 0.6 is 15.9 Å². The van der Waals surface area contributed by atoms with E-state index in [1.807, 2.05) is 24.3 Å². The quantitative estimate of drug-likeness (QED) is 0.725. The second-order valence-corrected chi connectivity index (χ2v) is 5.60. The molecule has 0 amide bonds. The zero-order chi connectivity index (χ0) is 11.8. The van der Waals surface area contributed by atoms with Crippen molar-refractivity contribution >= 4 is 15.9 Å². The van der Waals surface area contributed by atoms with Crippen LogP contribution in [0.5, 0.6) is 0 Å². The number of rotatable bonds is 2. The summed E-state index contributed by atoms with van der Waals surface area (Å²) in [5.41, 5.74) is -0.158. The van der Waals surface area contributed by atoms with Gasteiger partial charge in [0.15, 0.2) is 0 Å². The maximum Gasteiger partial charge on any atom is 0.254 e. The van der Waals surface area contributed by atoms with Crippen LogP contribution in [0.25, 0.3) is 0 Å². The van der Waals surface area contributed by atoms with E-state index in [4.69, 9.17) is 0 Å². The highest BCUT2D eigenvalue weighted by Crippen LogP contribution is 2.51. The molecule has 0 aromatic heterocycles. The molecule has 0 nitrogen and oxygen atoms in total. The highest BCUT2D eigenvalue weighted by molar-refractivity contribution is 9.10. The summed E-state index contributed by atoms with van der Waals surface area (Å²) in [6.07, 6.45) is 3.00. The minimum Gasteiger partial charge on any atom is -0.206 e. The maximum atomic E-state index is 13.9.